The summed E-state index contributed by atoms with van der Waals surface area (Å²) in [5.74, 6) is -0.0905. The van der Waals surface area contributed by atoms with Gasteiger partial charge in [0.15, 0.2) is 5.82 Å². The maximum absolute atomic E-state index is 16.6. The van der Waals surface area contributed by atoms with Crippen molar-refractivity contribution in [1.29, 1.82) is 0 Å². The van der Waals surface area contributed by atoms with E-state index in [1.165, 1.54) is 37.7 Å². The van der Waals surface area contributed by atoms with Gasteiger partial charge in [0, 0.05) is 23.1 Å². The van der Waals surface area contributed by atoms with Crippen LogP contribution in [-0.2, 0) is 6.42 Å². The summed E-state index contributed by atoms with van der Waals surface area (Å²) in [5, 5.41) is 2.89. The van der Waals surface area contributed by atoms with Crippen LogP contribution in [0.4, 0.5) is 4.39 Å². The van der Waals surface area contributed by atoms with Crippen LogP contribution >= 0.6 is 0 Å². The van der Waals surface area contributed by atoms with Gasteiger partial charge in [-0.2, -0.15) is 9.97 Å². The minimum absolute atomic E-state index is 0.0881. The first-order chi connectivity index (χ1) is 19.2. The molecule has 4 aromatic rings. The Morgan fingerprint density at radius 1 is 0.974 bits per heavy atom. The van der Waals surface area contributed by atoms with E-state index in [0.29, 0.717) is 23.8 Å². The standard InChI is InChI=1S/C33H37FN4O/c1-2-22-12-6-13-23-14-7-15-25(27(22)23)30-28(34)31-26(20-35-30)29(24-10-4-3-5-11-24)36-32(37-31)39-21-33-16-8-18-38(33)19-9-17-33/h6-7,12-15,20,24H,2-5,8-11,16-19,21H2,1H3. The molecule has 0 amide bonds. The van der Waals surface area contributed by atoms with Gasteiger partial charge in [0.2, 0.25) is 0 Å². The fraction of sp³-hybridized carbons (Fsp3) is 0.485. The molecule has 0 N–H and O–H groups in total. The highest BCUT2D eigenvalue weighted by atomic mass is 19.1. The summed E-state index contributed by atoms with van der Waals surface area (Å²) < 4.78 is 23.0. The Morgan fingerprint density at radius 2 is 1.74 bits per heavy atom. The maximum Gasteiger partial charge on any atom is 0.317 e. The molecule has 202 valence electrons. The molecule has 4 heterocycles. The molecule has 0 unspecified atom stereocenters. The van der Waals surface area contributed by atoms with Crippen LogP contribution in [0.15, 0.2) is 42.6 Å². The van der Waals surface area contributed by atoms with Gasteiger partial charge in [-0.1, -0.05) is 62.6 Å². The average molecular weight is 525 g/mol. The van der Waals surface area contributed by atoms with Crippen molar-refractivity contribution in [2.45, 2.75) is 82.6 Å². The molecule has 7 rings (SSSR count). The molecule has 0 radical (unpaired) electrons. The molecule has 1 aliphatic carbocycles. The first kappa shape index (κ1) is 24.9. The lowest BCUT2D eigenvalue weighted by Gasteiger charge is -2.31. The van der Waals surface area contributed by atoms with Gasteiger partial charge in [-0.15, -0.1) is 0 Å². The van der Waals surface area contributed by atoms with E-state index in [0.717, 1.165) is 72.6 Å². The summed E-state index contributed by atoms with van der Waals surface area (Å²) >= 11 is 0. The number of nitrogens with zero attached hydrogens (tertiary/aromatic N) is 4. The van der Waals surface area contributed by atoms with Crippen molar-refractivity contribution in [3.63, 3.8) is 0 Å². The second kappa shape index (κ2) is 10.1. The zero-order chi connectivity index (χ0) is 26.4. The lowest BCUT2D eigenvalue weighted by atomic mass is 9.85. The van der Waals surface area contributed by atoms with E-state index < -0.39 is 0 Å². The Bertz CT molecular complexity index is 1510. The number of fused-ring (bicyclic) bond motifs is 3. The van der Waals surface area contributed by atoms with Crippen molar-refractivity contribution in [3.8, 4) is 17.3 Å². The van der Waals surface area contributed by atoms with Gasteiger partial charge in [-0.3, -0.25) is 9.88 Å². The van der Waals surface area contributed by atoms with Crippen molar-refractivity contribution in [1.82, 2.24) is 19.9 Å². The van der Waals surface area contributed by atoms with Gasteiger partial charge in [0.1, 0.15) is 17.8 Å². The van der Waals surface area contributed by atoms with Crippen molar-refractivity contribution in [2.75, 3.05) is 19.7 Å². The van der Waals surface area contributed by atoms with Crippen LogP contribution in [0.25, 0.3) is 32.9 Å². The molecule has 3 fully saturated rings. The second-order valence-corrected chi connectivity index (χ2v) is 11.8. The Hall–Kier alpha value is -3.12. The second-order valence-electron chi connectivity index (χ2n) is 11.8. The van der Waals surface area contributed by atoms with E-state index >= 15 is 4.39 Å². The average Bonchev–Trinajstić information content (AvgIpc) is 3.57. The molecule has 39 heavy (non-hydrogen) atoms. The number of rotatable bonds is 6. The van der Waals surface area contributed by atoms with E-state index in [-0.39, 0.29) is 17.3 Å². The van der Waals surface area contributed by atoms with E-state index in [2.05, 4.69) is 36.1 Å². The molecule has 3 aliphatic rings. The summed E-state index contributed by atoms with van der Waals surface area (Å²) in [5.41, 5.74) is 3.69. The molecule has 0 spiro atoms. The molecular weight excluding hydrogens is 487 g/mol. The molecule has 2 aromatic heterocycles. The van der Waals surface area contributed by atoms with Crippen molar-refractivity contribution in [2.24, 2.45) is 0 Å². The Morgan fingerprint density at radius 3 is 2.51 bits per heavy atom. The van der Waals surface area contributed by atoms with E-state index in [4.69, 9.17) is 19.7 Å². The number of halogens is 1. The van der Waals surface area contributed by atoms with Crippen LogP contribution in [0, 0.1) is 5.82 Å². The van der Waals surface area contributed by atoms with Crippen molar-refractivity contribution >= 4 is 21.7 Å². The summed E-state index contributed by atoms with van der Waals surface area (Å²) in [6, 6.07) is 12.6. The summed E-state index contributed by atoms with van der Waals surface area (Å²) in [7, 11) is 0. The van der Waals surface area contributed by atoms with Gasteiger partial charge in [0.05, 0.1) is 11.2 Å². The lowest BCUT2D eigenvalue weighted by molar-refractivity contribution is 0.107. The van der Waals surface area contributed by atoms with Gasteiger partial charge in [-0.05, 0) is 74.4 Å². The highest BCUT2D eigenvalue weighted by molar-refractivity contribution is 5.99. The zero-order valence-corrected chi connectivity index (χ0v) is 22.9. The van der Waals surface area contributed by atoms with Crippen LogP contribution < -0.4 is 4.74 Å². The normalized spacial score (nSPS) is 19.6. The quantitative estimate of drug-likeness (QED) is 0.260. The predicted octanol–water partition coefficient (Wildman–Crippen LogP) is 7.60. The minimum Gasteiger partial charge on any atom is -0.461 e. The van der Waals surface area contributed by atoms with Crippen LogP contribution in [0.1, 0.15) is 81.9 Å². The first-order valence-corrected chi connectivity index (χ1v) is 14.9. The fourth-order valence-corrected chi connectivity index (χ4v) is 7.57. The number of ether oxygens (including phenoxy) is 1. The number of hydrogen-bond acceptors (Lipinski definition) is 5. The molecule has 2 saturated heterocycles. The lowest BCUT2D eigenvalue weighted by Crippen LogP contribution is -2.43. The van der Waals surface area contributed by atoms with Gasteiger partial charge >= 0.3 is 6.01 Å². The van der Waals surface area contributed by atoms with Gasteiger partial charge < -0.3 is 4.74 Å². The monoisotopic (exact) mass is 524 g/mol. The Labute approximate surface area is 229 Å². The number of hydrogen-bond donors (Lipinski definition) is 0. The van der Waals surface area contributed by atoms with E-state index in [9.17, 15) is 0 Å². The number of aromatic nitrogens is 3. The molecule has 6 heteroatoms. The van der Waals surface area contributed by atoms with Crippen LogP contribution in [0.3, 0.4) is 0 Å². The first-order valence-electron chi connectivity index (χ1n) is 14.9. The topological polar surface area (TPSA) is 51.1 Å². The smallest absolute Gasteiger partial charge is 0.317 e. The summed E-state index contributed by atoms with van der Waals surface area (Å²) in [4.78, 5) is 17.0. The van der Waals surface area contributed by atoms with Crippen LogP contribution in [0.5, 0.6) is 6.01 Å². The third-order valence-corrected chi connectivity index (χ3v) is 9.59. The molecular formula is C33H37FN4O. The van der Waals surface area contributed by atoms with Crippen LogP contribution in [-0.4, -0.2) is 45.1 Å². The fourth-order valence-electron chi connectivity index (χ4n) is 7.57. The SMILES string of the molecule is CCc1cccc2cccc(-c3ncc4c(C5CCCCC5)nc(OCC56CCCN5CCC6)nc4c3F)c12. The molecule has 0 bridgehead atoms. The molecule has 2 aromatic carbocycles. The highest BCUT2D eigenvalue weighted by Crippen LogP contribution is 2.41. The van der Waals surface area contributed by atoms with Gasteiger partial charge in [0.25, 0.3) is 0 Å². The minimum atomic E-state index is -0.378. The predicted molar refractivity (Wildman–Crippen MR) is 154 cm³/mol. The Kier molecular flexibility index (Phi) is 6.46. The third kappa shape index (κ3) is 4.28. The number of benzene rings is 2. The van der Waals surface area contributed by atoms with Crippen molar-refractivity contribution < 1.29 is 9.13 Å². The largest absolute Gasteiger partial charge is 0.461 e. The molecule has 5 nitrogen and oxygen atoms in total. The maximum atomic E-state index is 16.6. The summed E-state index contributed by atoms with van der Waals surface area (Å²) in [6.07, 6.45) is 13.1. The van der Waals surface area contributed by atoms with E-state index in [1.807, 2.05) is 18.3 Å². The number of aryl methyl sites for hydroxylation is 1. The molecule has 2 aliphatic heterocycles. The third-order valence-electron chi connectivity index (χ3n) is 9.59. The molecule has 0 atom stereocenters. The molecule has 1 saturated carbocycles. The number of pyridine rings is 1. The Balaban J connectivity index is 1.35. The van der Waals surface area contributed by atoms with E-state index in [1.54, 1.807) is 0 Å². The van der Waals surface area contributed by atoms with Gasteiger partial charge in [-0.25, -0.2) is 4.39 Å². The highest BCUT2D eigenvalue weighted by Gasteiger charge is 2.45. The zero-order valence-electron chi connectivity index (χ0n) is 22.9. The summed E-state index contributed by atoms with van der Waals surface area (Å²) in [6.45, 7) is 5.00. The van der Waals surface area contributed by atoms with Crippen molar-refractivity contribution in [3.05, 3.63) is 59.7 Å². The van der Waals surface area contributed by atoms with Crippen LogP contribution in [0.2, 0.25) is 0 Å².